The first-order chi connectivity index (χ1) is 14.4. The number of nitrogens with zero attached hydrogens (tertiary/aromatic N) is 3. The molecule has 0 amide bonds. The third-order valence-electron chi connectivity index (χ3n) is 4.21. The Bertz CT molecular complexity index is 781. The van der Waals surface area contributed by atoms with Crippen LogP contribution in [0.4, 0.5) is 11.9 Å². The number of nitrogens with two attached hydrogens (primary N) is 1. The van der Waals surface area contributed by atoms with Gasteiger partial charge in [0.05, 0.1) is 26.4 Å². The largest absolute Gasteiger partial charge is 0.378 e. The molecule has 4 N–H and O–H groups in total. The smallest absolute Gasteiger partial charge is 0.228 e. The van der Waals surface area contributed by atoms with Gasteiger partial charge in [-0.25, -0.2) is 0 Å². The van der Waals surface area contributed by atoms with E-state index >= 15 is 0 Å². The topological polar surface area (TPSA) is 107 Å². The molecule has 1 heterocycles. The lowest BCUT2D eigenvalue weighted by atomic mass is 9.87. The van der Waals surface area contributed by atoms with E-state index in [1.165, 1.54) is 5.56 Å². The molecular weight excluding hydrogens is 416 g/mol. The monoisotopic (exact) mass is 450 g/mol. The van der Waals surface area contributed by atoms with Gasteiger partial charge in [-0.1, -0.05) is 51.1 Å². The molecule has 0 saturated carbocycles. The molecule has 0 aliphatic rings. The van der Waals surface area contributed by atoms with Gasteiger partial charge < -0.3 is 25.8 Å². The summed E-state index contributed by atoms with van der Waals surface area (Å²) in [6.07, 6.45) is 1.76. The summed E-state index contributed by atoms with van der Waals surface area (Å²) in [6, 6.07) is 8.32. The SMILES string of the molecule is C=CCNc1nc(NCCOCCOCCN)nc(-c2ccc(C(C)(C)C)cc2)n1.Cl. The summed E-state index contributed by atoms with van der Waals surface area (Å²) in [6.45, 7) is 14.1. The van der Waals surface area contributed by atoms with Crippen molar-refractivity contribution in [2.45, 2.75) is 26.2 Å². The van der Waals surface area contributed by atoms with E-state index in [9.17, 15) is 0 Å². The summed E-state index contributed by atoms with van der Waals surface area (Å²) in [4.78, 5) is 13.5. The predicted molar refractivity (Wildman–Crippen MR) is 129 cm³/mol. The van der Waals surface area contributed by atoms with Gasteiger partial charge in [0.1, 0.15) is 0 Å². The van der Waals surface area contributed by atoms with Crippen LogP contribution < -0.4 is 16.4 Å². The summed E-state index contributed by atoms with van der Waals surface area (Å²) >= 11 is 0. The second kappa shape index (κ2) is 13.9. The number of nitrogens with one attached hydrogen (secondary N) is 2. The molecule has 0 saturated heterocycles. The van der Waals surface area contributed by atoms with Crippen molar-refractivity contribution < 1.29 is 9.47 Å². The average molecular weight is 451 g/mol. The van der Waals surface area contributed by atoms with Gasteiger partial charge in [-0.05, 0) is 11.0 Å². The Morgan fingerprint density at radius 3 is 2.13 bits per heavy atom. The minimum absolute atomic E-state index is 0. The maximum absolute atomic E-state index is 5.53. The molecule has 1 aromatic carbocycles. The molecular formula is C22H35ClN6O2. The van der Waals surface area contributed by atoms with Gasteiger partial charge in [-0.3, -0.25) is 0 Å². The molecule has 0 aliphatic carbocycles. The Morgan fingerprint density at radius 2 is 1.55 bits per heavy atom. The highest BCUT2D eigenvalue weighted by molar-refractivity contribution is 5.85. The second-order valence-electron chi connectivity index (χ2n) is 7.74. The van der Waals surface area contributed by atoms with Gasteiger partial charge in [-0.2, -0.15) is 15.0 Å². The first-order valence-electron chi connectivity index (χ1n) is 10.2. The van der Waals surface area contributed by atoms with Gasteiger partial charge in [-0.15, -0.1) is 19.0 Å². The fourth-order valence-corrected chi connectivity index (χ4v) is 2.59. The Balaban J connectivity index is 0.00000480. The molecule has 0 bridgehead atoms. The molecule has 2 rings (SSSR count). The Hall–Kier alpha value is -2.26. The number of anilines is 2. The number of halogens is 1. The second-order valence-corrected chi connectivity index (χ2v) is 7.74. The first-order valence-corrected chi connectivity index (χ1v) is 10.2. The molecule has 0 atom stereocenters. The molecule has 172 valence electrons. The molecule has 0 aliphatic heterocycles. The zero-order valence-electron chi connectivity index (χ0n) is 18.7. The Morgan fingerprint density at radius 1 is 0.935 bits per heavy atom. The lowest BCUT2D eigenvalue weighted by molar-refractivity contribution is 0.0547. The molecule has 0 unspecified atom stereocenters. The van der Waals surface area contributed by atoms with E-state index in [4.69, 9.17) is 15.2 Å². The average Bonchev–Trinajstić information content (AvgIpc) is 2.73. The maximum atomic E-state index is 5.53. The van der Waals surface area contributed by atoms with Crippen molar-refractivity contribution in [3.8, 4) is 11.4 Å². The van der Waals surface area contributed by atoms with E-state index in [2.05, 4.69) is 65.1 Å². The minimum Gasteiger partial charge on any atom is -0.378 e. The molecule has 31 heavy (non-hydrogen) atoms. The fraction of sp³-hybridized carbons (Fsp3) is 0.500. The van der Waals surface area contributed by atoms with Crippen molar-refractivity contribution in [2.24, 2.45) is 5.73 Å². The summed E-state index contributed by atoms with van der Waals surface area (Å²) < 4.78 is 10.8. The van der Waals surface area contributed by atoms with E-state index in [1.807, 2.05) is 12.1 Å². The number of benzene rings is 1. The van der Waals surface area contributed by atoms with Crippen molar-refractivity contribution in [1.29, 1.82) is 0 Å². The van der Waals surface area contributed by atoms with Gasteiger partial charge >= 0.3 is 0 Å². The van der Waals surface area contributed by atoms with Crippen LogP contribution >= 0.6 is 12.4 Å². The van der Waals surface area contributed by atoms with Crippen LogP contribution in [0.1, 0.15) is 26.3 Å². The quantitative estimate of drug-likeness (QED) is 0.315. The van der Waals surface area contributed by atoms with Gasteiger partial charge in [0.25, 0.3) is 0 Å². The highest BCUT2D eigenvalue weighted by atomic mass is 35.5. The maximum Gasteiger partial charge on any atom is 0.228 e. The molecule has 8 nitrogen and oxygen atoms in total. The normalized spacial score (nSPS) is 11.0. The highest BCUT2D eigenvalue weighted by Crippen LogP contribution is 2.25. The van der Waals surface area contributed by atoms with Crippen molar-refractivity contribution in [3.63, 3.8) is 0 Å². The fourth-order valence-electron chi connectivity index (χ4n) is 2.59. The molecule has 0 spiro atoms. The van der Waals surface area contributed by atoms with Gasteiger partial charge in [0.15, 0.2) is 5.82 Å². The lowest BCUT2D eigenvalue weighted by Crippen LogP contribution is -2.16. The molecule has 9 heteroatoms. The Kier molecular flexibility index (Phi) is 12.0. The summed E-state index contributed by atoms with van der Waals surface area (Å²) in [5, 5.41) is 6.33. The van der Waals surface area contributed by atoms with Crippen LogP contribution in [0.25, 0.3) is 11.4 Å². The van der Waals surface area contributed by atoms with Gasteiger partial charge in [0.2, 0.25) is 11.9 Å². The number of aromatic nitrogens is 3. The lowest BCUT2D eigenvalue weighted by Gasteiger charge is -2.19. The van der Waals surface area contributed by atoms with Crippen LogP contribution in [-0.4, -0.2) is 61.0 Å². The number of ether oxygens (including phenoxy) is 2. The number of rotatable bonds is 13. The van der Waals surface area contributed by atoms with Crippen LogP contribution in [0.2, 0.25) is 0 Å². The molecule has 0 fully saturated rings. The molecule has 0 radical (unpaired) electrons. The van der Waals surface area contributed by atoms with E-state index < -0.39 is 0 Å². The van der Waals surface area contributed by atoms with E-state index in [0.29, 0.717) is 63.8 Å². The van der Waals surface area contributed by atoms with Crippen molar-refractivity contribution in [1.82, 2.24) is 15.0 Å². The first kappa shape index (κ1) is 26.8. The van der Waals surface area contributed by atoms with Crippen LogP contribution in [-0.2, 0) is 14.9 Å². The molecule has 1 aromatic heterocycles. The van der Waals surface area contributed by atoms with Crippen LogP contribution in [0.15, 0.2) is 36.9 Å². The van der Waals surface area contributed by atoms with Crippen LogP contribution in [0, 0.1) is 0 Å². The number of hydrogen-bond acceptors (Lipinski definition) is 8. The van der Waals surface area contributed by atoms with Crippen molar-refractivity contribution in [3.05, 3.63) is 42.5 Å². The van der Waals surface area contributed by atoms with E-state index in [-0.39, 0.29) is 17.8 Å². The van der Waals surface area contributed by atoms with Crippen molar-refractivity contribution in [2.75, 3.05) is 56.7 Å². The summed E-state index contributed by atoms with van der Waals surface area (Å²) in [5.41, 5.74) is 7.66. The predicted octanol–water partition coefficient (Wildman–Crippen LogP) is 3.26. The zero-order valence-corrected chi connectivity index (χ0v) is 19.5. The van der Waals surface area contributed by atoms with Crippen LogP contribution in [0.3, 0.4) is 0 Å². The van der Waals surface area contributed by atoms with Crippen molar-refractivity contribution >= 4 is 24.3 Å². The number of hydrogen-bond donors (Lipinski definition) is 3. The van der Waals surface area contributed by atoms with E-state index in [1.54, 1.807) is 6.08 Å². The highest BCUT2D eigenvalue weighted by Gasteiger charge is 2.14. The standard InChI is InChI=1S/C22H34N6O2.ClH/c1-5-11-24-20-26-19(17-6-8-18(9-7-17)22(2,3)4)27-21(28-20)25-12-14-30-16-15-29-13-10-23;/h5-9H,1,10-16,23H2,2-4H3,(H2,24,25,26,27,28);1H. The van der Waals surface area contributed by atoms with E-state index in [0.717, 1.165) is 5.56 Å². The van der Waals surface area contributed by atoms with Crippen LogP contribution in [0.5, 0.6) is 0 Å². The minimum atomic E-state index is 0. The third-order valence-corrected chi connectivity index (χ3v) is 4.21. The third kappa shape index (κ3) is 9.61. The summed E-state index contributed by atoms with van der Waals surface area (Å²) in [5.74, 6) is 1.60. The van der Waals surface area contributed by atoms with Gasteiger partial charge in [0, 0.05) is 25.2 Å². The molecule has 2 aromatic rings. The zero-order chi connectivity index (χ0) is 21.8. The summed E-state index contributed by atoms with van der Waals surface area (Å²) in [7, 11) is 0. The Labute approximate surface area is 191 Å².